The smallest absolute Gasteiger partial charge is 0.241 e. The Morgan fingerprint density at radius 1 is 1.14 bits per heavy atom. The fourth-order valence-corrected chi connectivity index (χ4v) is 4.89. The van der Waals surface area contributed by atoms with Gasteiger partial charge in [-0.15, -0.1) is 24.8 Å². The predicted molar refractivity (Wildman–Crippen MR) is 145 cm³/mol. The summed E-state index contributed by atoms with van der Waals surface area (Å²) in [6.45, 7) is 8.37. The molecule has 2 atom stereocenters. The van der Waals surface area contributed by atoms with Crippen LogP contribution >= 0.6 is 24.8 Å². The highest BCUT2D eigenvalue weighted by Gasteiger charge is 2.41. The zero-order valence-electron chi connectivity index (χ0n) is 21.2. The highest BCUT2D eigenvalue weighted by molar-refractivity contribution is 5.97. The summed E-state index contributed by atoms with van der Waals surface area (Å²) < 4.78 is 0. The number of aromatic nitrogens is 1. The first-order valence-corrected chi connectivity index (χ1v) is 11.7. The van der Waals surface area contributed by atoms with E-state index in [1.165, 1.54) is 5.56 Å². The van der Waals surface area contributed by atoms with E-state index >= 15 is 0 Å². The molecular formula is C26H37Cl2N5O2. The molecule has 4 rings (SSSR count). The number of hydrogen-bond donors (Lipinski definition) is 1. The molecule has 2 aliphatic heterocycles. The van der Waals surface area contributed by atoms with E-state index in [2.05, 4.69) is 44.3 Å². The number of carbonyl (C=O) groups excluding carboxylic acids is 2. The molecule has 1 aromatic heterocycles. The normalized spacial score (nSPS) is 20.9. The second-order valence-corrected chi connectivity index (χ2v) is 10.2. The van der Waals surface area contributed by atoms with E-state index in [0.29, 0.717) is 19.6 Å². The van der Waals surface area contributed by atoms with Gasteiger partial charge in [-0.3, -0.25) is 19.5 Å². The molecule has 2 aliphatic rings. The summed E-state index contributed by atoms with van der Waals surface area (Å²) in [6, 6.07) is 12.3. The molecule has 1 N–H and O–H groups in total. The SMILES string of the molecule is C[C@@H]1CN(CC(=O)N2CC(C)(C)c3ncc(Cc4ccccc4)cc32)[C@@H](C(=O)N(C)C)CN1.Cl.Cl. The number of rotatable bonds is 5. The molecule has 2 aromatic rings. The molecule has 0 aliphatic carbocycles. The molecule has 1 aromatic carbocycles. The van der Waals surface area contributed by atoms with Gasteiger partial charge in [0.1, 0.15) is 6.04 Å². The third-order valence-corrected chi connectivity index (χ3v) is 6.63. The number of amides is 2. The fourth-order valence-electron chi connectivity index (χ4n) is 4.89. The zero-order valence-corrected chi connectivity index (χ0v) is 22.8. The summed E-state index contributed by atoms with van der Waals surface area (Å²) in [5, 5.41) is 3.38. The molecule has 0 spiro atoms. The minimum absolute atomic E-state index is 0. The average molecular weight is 523 g/mol. The number of benzene rings is 1. The minimum Gasteiger partial charge on any atom is -0.347 e. The second kappa shape index (κ2) is 11.7. The van der Waals surface area contributed by atoms with Crippen molar-refractivity contribution >= 4 is 42.3 Å². The maximum absolute atomic E-state index is 13.6. The van der Waals surface area contributed by atoms with Gasteiger partial charge in [-0.25, -0.2) is 0 Å². The first-order valence-electron chi connectivity index (χ1n) is 11.7. The van der Waals surface area contributed by atoms with Gasteiger partial charge >= 0.3 is 0 Å². The number of piperazine rings is 1. The van der Waals surface area contributed by atoms with Gasteiger partial charge in [0.15, 0.2) is 0 Å². The lowest BCUT2D eigenvalue weighted by Gasteiger charge is -2.39. The van der Waals surface area contributed by atoms with Gasteiger partial charge in [0.25, 0.3) is 0 Å². The van der Waals surface area contributed by atoms with Crippen LogP contribution in [0, 0.1) is 0 Å². The van der Waals surface area contributed by atoms with Crippen LogP contribution in [0.25, 0.3) is 0 Å². The third kappa shape index (κ3) is 6.33. The van der Waals surface area contributed by atoms with Crippen LogP contribution in [0.1, 0.15) is 37.6 Å². The fraction of sp³-hybridized carbons (Fsp3) is 0.500. The van der Waals surface area contributed by atoms with Crippen LogP contribution in [0.5, 0.6) is 0 Å². The van der Waals surface area contributed by atoms with Gasteiger partial charge in [-0.2, -0.15) is 0 Å². The van der Waals surface area contributed by atoms with Crippen LogP contribution in [0.15, 0.2) is 42.6 Å². The molecule has 0 bridgehead atoms. The van der Waals surface area contributed by atoms with Crippen molar-refractivity contribution in [3.63, 3.8) is 0 Å². The van der Waals surface area contributed by atoms with Gasteiger partial charge < -0.3 is 15.1 Å². The van der Waals surface area contributed by atoms with Crippen LogP contribution in [-0.4, -0.2) is 79.0 Å². The maximum atomic E-state index is 13.6. The van der Waals surface area contributed by atoms with Crippen molar-refractivity contribution in [2.24, 2.45) is 0 Å². The van der Waals surface area contributed by atoms with E-state index < -0.39 is 0 Å². The molecule has 3 heterocycles. The Kier molecular flexibility index (Phi) is 9.71. The van der Waals surface area contributed by atoms with Crippen molar-refractivity contribution in [1.29, 1.82) is 0 Å². The Labute approximate surface area is 221 Å². The quantitative estimate of drug-likeness (QED) is 0.654. The highest BCUT2D eigenvalue weighted by atomic mass is 35.5. The number of hydrogen-bond acceptors (Lipinski definition) is 5. The summed E-state index contributed by atoms with van der Waals surface area (Å²) in [5.41, 5.74) is 3.95. The van der Waals surface area contributed by atoms with E-state index in [1.54, 1.807) is 19.0 Å². The molecule has 0 radical (unpaired) electrons. The monoisotopic (exact) mass is 521 g/mol. The minimum atomic E-state index is -0.335. The Morgan fingerprint density at radius 2 is 1.83 bits per heavy atom. The van der Waals surface area contributed by atoms with Crippen LogP contribution in [-0.2, 0) is 21.4 Å². The molecule has 1 fully saturated rings. The first-order chi connectivity index (χ1) is 15.7. The lowest BCUT2D eigenvalue weighted by Crippen LogP contribution is -2.62. The first kappa shape index (κ1) is 29.0. The number of halogens is 2. The van der Waals surface area contributed by atoms with Crippen molar-refractivity contribution in [3.8, 4) is 0 Å². The summed E-state index contributed by atoms with van der Waals surface area (Å²) >= 11 is 0. The molecule has 9 heteroatoms. The van der Waals surface area contributed by atoms with E-state index in [9.17, 15) is 9.59 Å². The number of fused-ring (bicyclic) bond motifs is 1. The van der Waals surface area contributed by atoms with Crippen LogP contribution in [0.2, 0.25) is 0 Å². The second-order valence-electron chi connectivity index (χ2n) is 10.2. The van der Waals surface area contributed by atoms with Crippen LogP contribution in [0.4, 0.5) is 5.69 Å². The van der Waals surface area contributed by atoms with Crippen molar-refractivity contribution in [2.75, 3.05) is 45.2 Å². The molecule has 0 unspecified atom stereocenters. The molecule has 1 saturated heterocycles. The summed E-state index contributed by atoms with van der Waals surface area (Å²) in [4.78, 5) is 36.6. The van der Waals surface area contributed by atoms with E-state index in [4.69, 9.17) is 4.98 Å². The summed E-state index contributed by atoms with van der Waals surface area (Å²) in [7, 11) is 3.53. The van der Waals surface area contributed by atoms with Crippen LogP contribution < -0.4 is 10.2 Å². The number of carbonyl (C=O) groups is 2. The maximum Gasteiger partial charge on any atom is 0.241 e. The Hall–Kier alpha value is -2.19. The molecule has 2 amide bonds. The molecule has 7 nitrogen and oxygen atoms in total. The van der Waals surface area contributed by atoms with Gasteiger partial charge in [0.2, 0.25) is 11.8 Å². The average Bonchev–Trinajstić information content (AvgIpc) is 3.04. The van der Waals surface area contributed by atoms with E-state index in [0.717, 1.165) is 23.4 Å². The number of likely N-dealkylation sites (N-methyl/N-ethyl adjacent to an activating group) is 1. The van der Waals surface area contributed by atoms with E-state index in [1.807, 2.05) is 34.2 Å². The van der Waals surface area contributed by atoms with Crippen LogP contribution in [0.3, 0.4) is 0 Å². The van der Waals surface area contributed by atoms with Crippen molar-refractivity contribution in [2.45, 2.75) is 44.7 Å². The number of anilines is 1. The van der Waals surface area contributed by atoms with Gasteiger partial charge in [-0.1, -0.05) is 44.2 Å². The Morgan fingerprint density at radius 3 is 2.49 bits per heavy atom. The molecule has 0 saturated carbocycles. The summed E-state index contributed by atoms with van der Waals surface area (Å²) in [5.74, 6) is 0.0438. The molecular weight excluding hydrogens is 485 g/mol. The van der Waals surface area contributed by atoms with Gasteiger partial charge in [-0.05, 0) is 30.5 Å². The molecule has 192 valence electrons. The standard InChI is InChI=1S/C26H35N5O2.2ClH/c1-18-15-30(22(14-27-18)25(33)29(4)5)16-23(32)31-17-26(2,3)24-21(31)12-20(13-28-24)11-19-9-7-6-8-10-19;;/h6-10,12-13,18,22,27H,11,14-17H2,1-5H3;2*1H/t18-,22-;;/m1../s1. The lowest BCUT2D eigenvalue weighted by atomic mass is 9.91. The van der Waals surface area contributed by atoms with Crippen molar-refractivity contribution in [3.05, 3.63) is 59.4 Å². The Balaban J connectivity index is 0.00000216. The van der Waals surface area contributed by atoms with Gasteiger partial charge in [0.05, 0.1) is 17.9 Å². The lowest BCUT2D eigenvalue weighted by molar-refractivity contribution is -0.136. The number of nitrogens with one attached hydrogen (secondary N) is 1. The summed E-state index contributed by atoms with van der Waals surface area (Å²) in [6.07, 6.45) is 2.71. The largest absolute Gasteiger partial charge is 0.347 e. The predicted octanol–water partition coefficient (Wildman–Crippen LogP) is 2.89. The topological polar surface area (TPSA) is 68.8 Å². The van der Waals surface area contributed by atoms with Crippen molar-refractivity contribution in [1.82, 2.24) is 20.1 Å². The van der Waals surface area contributed by atoms with Gasteiger partial charge in [0, 0.05) is 51.4 Å². The highest BCUT2D eigenvalue weighted by Crippen LogP contribution is 2.39. The van der Waals surface area contributed by atoms with E-state index in [-0.39, 0.29) is 60.7 Å². The third-order valence-electron chi connectivity index (χ3n) is 6.63. The molecule has 35 heavy (non-hydrogen) atoms. The Bertz CT molecular complexity index is 1030. The number of pyridine rings is 1. The van der Waals surface area contributed by atoms with Crippen molar-refractivity contribution < 1.29 is 9.59 Å². The zero-order chi connectivity index (χ0) is 23.8. The number of nitrogens with zero attached hydrogens (tertiary/aromatic N) is 4.